The third-order valence-corrected chi connectivity index (χ3v) is 5.84. The van der Waals surface area contributed by atoms with Gasteiger partial charge >= 0.3 is 0 Å². The second-order valence-corrected chi connectivity index (χ2v) is 8.47. The molecule has 1 saturated carbocycles. The van der Waals surface area contributed by atoms with Crippen molar-refractivity contribution in [3.8, 4) is 11.1 Å². The van der Waals surface area contributed by atoms with Crippen LogP contribution in [0.5, 0.6) is 0 Å². The van der Waals surface area contributed by atoms with Gasteiger partial charge in [0.1, 0.15) is 5.67 Å². The molecule has 0 atom stereocenters. The number of hydrogen-bond acceptors (Lipinski definition) is 4. The number of carbonyl (C=O) groups is 1. The van der Waals surface area contributed by atoms with Gasteiger partial charge in [-0.05, 0) is 53.8 Å². The predicted molar refractivity (Wildman–Crippen MR) is 118 cm³/mol. The Morgan fingerprint density at radius 3 is 2.84 bits per heavy atom. The van der Waals surface area contributed by atoms with E-state index in [4.69, 9.17) is 0 Å². The summed E-state index contributed by atoms with van der Waals surface area (Å²) in [6.45, 7) is 1.99. The summed E-state index contributed by atoms with van der Waals surface area (Å²) < 4.78 is 15.8. The van der Waals surface area contributed by atoms with Gasteiger partial charge in [0.2, 0.25) is 5.91 Å². The number of aromatic nitrogens is 3. The number of anilines is 1. The van der Waals surface area contributed by atoms with Crippen LogP contribution in [0.2, 0.25) is 0 Å². The average Bonchev–Trinajstić information content (AvgIpc) is 3.13. The third kappa shape index (κ3) is 4.41. The Morgan fingerprint density at radius 2 is 2.06 bits per heavy atom. The van der Waals surface area contributed by atoms with Crippen molar-refractivity contribution in [3.05, 3.63) is 71.8 Å². The van der Waals surface area contributed by atoms with Crippen molar-refractivity contribution in [1.29, 1.82) is 0 Å². The molecule has 0 spiro atoms. The minimum absolute atomic E-state index is 0.212. The van der Waals surface area contributed by atoms with Crippen molar-refractivity contribution in [2.24, 2.45) is 7.05 Å². The highest BCUT2D eigenvalue weighted by molar-refractivity contribution is 6.02. The van der Waals surface area contributed by atoms with E-state index in [9.17, 15) is 9.18 Å². The van der Waals surface area contributed by atoms with E-state index in [-0.39, 0.29) is 5.91 Å². The lowest BCUT2D eigenvalue weighted by atomic mass is 10.0. The highest BCUT2D eigenvalue weighted by atomic mass is 19.1. The molecule has 1 N–H and O–H groups in total. The van der Waals surface area contributed by atoms with Gasteiger partial charge in [0.25, 0.3) is 0 Å². The van der Waals surface area contributed by atoms with Crippen LogP contribution in [0.1, 0.15) is 29.5 Å². The standard InChI is InChI=1S/C24H24FN5O/c1-29-13-20(12-27-29)22-6-9-26-11-17(22)3-5-23(31)28-21-4-2-18-14-30(15-19(18)10-21)16-24(25)7-8-24/h2-6,9-13H,7-8,14-16H2,1H3,(H,28,31). The lowest BCUT2D eigenvalue weighted by Crippen LogP contribution is -2.26. The molecule has 2 aliphatic rings. The van der Waals surface area contributed by atoms with Crippen LogP contribution < -0.4 is 5.32 Å². The fourth-order valence-corrected chi connectivity index (χ4v) is 4.06. The normalized spacial score (nSPS) is 17.1. The predicted octanol–water partition coefficient (Wildman–Crippen LogP) is 3.95. The first-order valence-corrected chi connectivity index (χ1v) is 10.4. The number of nitrogens with zero attached hydrogens (tertiary/aromatic N) is 4. The molecule has 0 saturated heterocycles. The number of nitrogens with one attached hydrogen (secondary N) is 1. The molecule has 6 nitrogen and oxygen atoms in total. The van der Waals surface area contributed by atoms with Crippen molar-refractivity contribution in [2.45, 2.75) is 31.6 Å². The van der Waals surface area contributed by atoms with Crippen molar-refractivity contribution in [1.82, 2.24) is 19.7 Å². The van der Waals surface area contributed by atoms with E-state index in [1.165, 1.54) is 11.6 Å². The Morgan fingerprint density at radius 1 is 1.23 bits per heavy atom. The van der Waals surface area contributed by atoms with Crippen LogP contribution in [0.15, 0.2) is 55.1 Å². The van der Waals surface area contributed by atoms with Crippen molar-refractivity contribution >= 4 is 17.7 Å². The van der Waals surface area contributed by atoms with Crippen LogP contribution >= 0.6 is 0 Å². The van der Waals surface area contributed by atoms with E-state index in [0.29, 0.717) is 19.4 Å². The molecule has 5 rings (SSSR count). The summed E-state index contributed by atoms with van der Waals surface area (Å²) in [6.07, 6.45) is 11.8. The van der Waals surface area contributed by atoms with Gasteiger partial charge in [-0.25, -0.2) is 4.39 Å². The topological polar surface area (TPSA) is 63.1 Å². The number of fused-ring (bicyclic) bond motifs is 1. The number of halogens is 1. The first-order valence-electron chi connectivity index (χ1n) is 10.4. The van der Waals surface area contributed by atoms with Crippen molar-refractivity contribution < 1.29 is 9.18 Å². The molecular weight excluding hydrogens is 393 g/mol. The molecule has 3 aromatic rings. The quantitative estimate of drug-likeness (QED) is 0.617. The van der Waals surface area contributed by atoms with Gasteiger partial charge in [-0.3, -0.25) is 19.4 Å². The van der Waals surface area contributed by atoms with Crippen LogP contribution in [0.3, 0.4) is 0 Å². The highest BCUT2D eigenvalue weighted by Gasteiger charge is 2.45. The summed E-state index contributed by atoms with van der Waals surface area (Å²) in [6, 6.07) is 7.82. The average molecular weight is 417 g/mol. The summed E-state index contributed by atoms with van der Waals surface area (Å²) in [4.78, 5) is 18.8. The summed E-state index contributed by atoms with van der Waals surface area (Å²) in [7, 11) is 1.87. The molecule has 1 aliphatic heterocycles. The number of hydrogen-bond donors (Lipinski definition) is 1. The minimum Gasteiger partial charge on any atom is -0.323 e. The largest absolute Gasteiger partial charge is 0.323 e. The third-order valence-electron chi connectivity index (χ3n) is 5.84. The van der Waals surface area contributed by atoms with Gasteiger partial charge in [0, 0.05) is 68.2 Å². The fourth-order valence-electron chi connectivity index (χ4n) is 4.06. The van der Waals surface area contributed by atoms with Crippen LogP contribution in [0, 0.1) is 0 Å². The fraction of sp³-hybridized carbons (Fsp3) is 0.292. The first kappa shape index (κ1) is 19.6. The van der Waals surface area contributed by atoms with Crippen LogP contribution in [-0.2, 0) is 24.9 Å². The lowest BCUT2D eigenvalue weighted by molar-refractivity contribution is -0.111. The number of pyridine rings is 1. The van der Waals surface area contributed by atoms with E-state index in [0.717, 1.165) is 41.0 Å². The number of amides is 1. The van der Waals surface area contributed by atoms with E-state index in [2.05, 4.69) is 20.3 Å². The zero-order valence-corrected chi connectivity index (χ0v) is 17.4. The number of rotatable bonds is 6. The second kappa shape index (κ2) is 7.74. The lowest BCUT2D eigenvalue weighted by Gasteiger charge is -2.16. The maximum Gasteiger partial charge on any atom is 0.248 e. The van der Waals surface area contributed by atoms with Crippen LogP contribution in [0.4, 0.5) is 10.1 Å². The van der Waals surface area contributed by atoms with Crippen LogP contribution in [0.25, 0.3) is 17.2 Å². The molecule has 158 valence electrons. The first-order chi connectivity index (χ1) is 15.0. The molecule has 31 heavy (non-hydrogen) atoms. The Kier molecular flexibility index (Phi) is 4.90. The number of aryl methyl sites for hydroxylation is 1. The molecule has 1 aliphatic carbocycles. The Hall–Kier alpha value is -3.32. The van der Waals surface area contributed by atoms with Gasteiger partial charge in [-0.2, -0.15) is 5.10 Å². The molecular formula is C24H24FN5O. The van der Waals surface area contributed by atoms with E-state index in [1.807, 2.05) is 37.5 Å². The van der Waals surface area contributed by atoms with E-state index < -0.39 is 5.67 Å². The summed E-state index contributed by atoms with van der Waals surface area (Å²) in [5.41, 5.74) is 4.89. The maximum atomic E-state index is 14.1. The van der Waals surface area contributed by atoms with Gasteiger partial charge in [-0.15, -0.1) is 0 Å². The Balaban J connectivity index is 1.25. The molecule has 7 heteroatoms. The number of alkyl halides is 1. The maximum absolute atomic E-state index is 14.1. The van der Waals surface area contributed by atoms with Crippen LogP contribution in [-0.4, -0.2) is 37.8 Å². The Labute approximate surface area is 180 Å². The van der Waals surface area contributed by atoms with E-state index in [1.54, 1.807) is 29.3 Å². The van der Waals surface area contributed by atoms with E-state index >= 15 is 0 Å². The molecule has 0 unspecified atom stereocenters. The second-order valence-electron chi connectivity index (χ2n) is 8.47. The minimum atomic E-state index is -0.981. The van der Waals surface area contributed by atoms with Gasteiger partial charge in [0.05, 0.1) is 6.20 Å². The molecule has 1 fully saturated rings. The zero-order chi connectivity index (χ0) is 21.4. The van der Waals surface area contributed by atoms with Gasteiger partial charge in [0.15, 0.2) is 0 Å². The SMILES string of the molecule is Cn1cc(-c2ccncc2C=CC(=O)Nc2ccc3c(c2)CN(CC2(F)CC2)C3)cn1. The highest BCUT2D eigenvalue weighted by Crippen LogP contribution is 2.42. The molecule has 0 radical (unpaired) electrons. The summed E-state index contributed by atoms with van der Waals surface area (Å²) in [5.74, 6) is -0.212. The number of carbonyl (C=O) groups excluding carboxylic acids is 1. The summed E-state index contributed by atoms with van der Waals surface area (Å²) in [5, 5.41) is 7.14. The molecule has 0 bridgehead atoms. The molecule has 1 aromatic carbocycles. The monoisotopic (exact) mass is 417 g/mol. The van der Waals surface area contributed by atoms with Gasteiger partial charge in [-0.1, -0.05) is 6.07 Å². The summed E-state index contributed by atoms with van der Waals surface area (Å²) >= 11 is 0. The Bertz CT molecular complexity index is 1160. The number of benzene rings is 1. The molecule has 2 aromatic heterocycles. The van der Waals surface area contributed by atoms with Crippen molar-refractivity contribution in [3.63, 3.8) is 0 Å². The molecule has 1 amide bonds. The zero-order valence-electron chi connectivity index (χ0n) is 17.4. The smallest absolute Gasteiger partial charge is 0.248 e. The van der Waals surface area contributed by atoms with Gasteiger partial charge < -0.3 is 5.32 Å². The molecule has 3 heterocycles. The van der Waals surface area contributed by atoms with Crippen molar-refractivity contribution in [2.75, 3.05) is 11.9 Å².